The Kier molecular flexibility index (Phi) is 16.5. The molecule has 0 saturated heterocycles. The third-order valence-corrected chi connectivity index (χ3v) is 10.9. The van der Waals surface area contributed by atoms with Crippen molar-refractivity contribution in [3.8, 4) is 16.9 Å². The molecule has 0 aliphatic rings. The van der Waals surface area contributed by atoms with E-state index in [-0.39, 0.29) is 22.2 Å². The molecule has 1 N–H and O–H groups in total. The number of aliphatic imine (C=N–C) groups is 1. The number of phenols is 1. The Labute approximate surface area is 328 Å². The van der Waals surface area contributed by atoms with Crippen LogP contribution in [0.4, 0.5) is 5.69 Å². The zero-order valence-corrected chi connectivity index (χ0v) is 32.7. The molecule has 0 saturated carbocycles. The maximum Gasteiger partial charge on any atom is 0.124 e. The number of benzene rings is 7. The fourth-order valence-electron chi connectivity index (χ4n) is 5.87. The Balaban J connectivity index is 0.000000208. The van der Waals surface area contributed by atoms with E-state index in [0.29, 0.717) is 11.8 Å². The number of phenolic OH excluding ortho intramolecular Hbond substituents is 1. The minimum Gasteiger partial charge on any atom is -0.507 e. The van der Waals surface area contributed by atoms with Gasteiger partial charge in [0.2, 0.25) is 0 Å². The zero-order valence-electron chi connectivity index (χ0n) is 30.8. The molecule has 270 valence electrons. The molecule has 7 aromatic rings. The van der Waals surface area contributed by atoms with Crippen molar-refractivity contribution < 1.29 is 21.6 Å². The van der Waals surface area contributed by atoms with Crippen molar-refractivity contribution in [1.82, 2.24) is 0 Å². The molecule has 0 atom stereocenters. The van der Waals surface area contributed by atoms with E-state index in [0.717, 1.165) is 22.4 Å². The fourth-order valence-corrected chi connectivity index (χ4v) is 8.17. The van der Waals surface area contributed by atoms with Crippen LogP contribution in [-0.2, 0) is 16.5 Å². The predicted octanol–water partition coefficient (Wildman–Crippen LogP) is 12.0. The van der Waals surface area contributed by atoms with Gasteiger partial charge in [-0.2, -0.15) is 36.4 Å². The molecule has 7 aromatic carbocycles. The molecule has 0 fully saturated rings. The van der Waals surface area contributed by atoms with Gasteiger partial charge in [0, 0.05) is 28.3 Å². The van der Waals surface area contributed by atoms with E-state index >= 15 is 0 Å². The second-order valence-electron chi connectivity index (χ2n) is 12.9. The summed E-state index contributed by atoms with van der Waals surface area (Å²) in [6, 6.07) is 66.9. The molecule has 53 heavy (non-hydrogen) atoms. The Bertz CT molecular complexity index is 1940. The topological polar surface area (TPSA) is 32.6 Å². The average Bonchev–Trinajstić information content (AvgIpc) is 3.20. The van der Waals surface area contributed by atoms with Crippen LogP contribution >= 0.6 is 7.92 Å². The predicted molar refractivity (Wildman–Crippen MR) is 226 cm³/mol. The summed E-state index contributed by atoms with van der Waals surface area (Å²) >= 11 is 0. The van der Waals surface area contributed by atoms with Gasteiger partial charge in [-0.25, -0.2) is 0 Å². The number of rotatable bonds is 8. The van der Waals surface area contributed by atoms with Gasteiger partial charge in [-0.05, 0) is 64.0 Å². The van der Waals surface area contributed by atoms with E-state index in [1.807, 2.05) is 79.0 Å². The summed E-state index contributed by atoms with van der Waals surface area (Å²) in [7, 11) is -0.446. The summed E-state index contributed by atoms with van der Waals surface area (Å²) in [5, 5.41) is 14.7. The first-order valence-corrected chi connectivity index (χ1v) is 19.2. The van der Waals surface area contributed by atoms with Crippen molar-refractivity contribution in [2.75, 3.05) is 0 Å². The molecule has 4 heteroatoms. The summed E-state index contributed by atoms with van der Waals surface area (Å²) in [4.78, 5) is 4.88. The maximum absolute atomic E-state index is 10.5. The molecule has 7 rings (SSSR count). The Morgan fingerprint density at radius 1 is 0.509 bits per heavy atom. The molecular formula is C49H47NNiOP-. The van der Waals surface area contributed by atoms with Crippen molar-refractivity contribution >= 4 is 35.7 Å². The van der Waals surface area contributed by atoms with E-state index < -0.39 is 7.92 Å². The maximum atomic E-state index is 10.5. The summed E-state index contributed by atoms with van der Waals surface area (Å²) in [5.41, 5.74) is 6.27. The standard InChI is InChI=1S/C25H27NO.C18H15P.C6H5.Ni/c1-17(2)20-12-8-13-21(18(3)4)25(20)26-16-23-22(14-9-15-24(23)27)19-10-6-5-7-11-19;1-4-10-16(11-5-1)19(17-12-6-2-7-13-17)18-14-8-3-9-15-18;1-2-4-6-5-3-1;/h5-18,27H,1-4H3;1-15H;1-5H;/q;;-1;. The first-order valence-electron chi connectivity index (χ1n) is 17.8. The Morgan fingerprint density at radius 2 is 0.925 bits per heavy atom. The molecule has 0 amide bonds. The fraction of sp³-hybridized carbons (Fsp3) is 0.122. The number of para-hydroxylation sites is 1. The minimum atomic E-state index is -0.446. The van der Waals surface area contributed by atoms with Crippen LogP contribution in [0.15, 0.2) is 193 Å². The summed E-state index contributed by atoms with van der Waals surface area (Å²) in [5.74, 6) is 1.01. The van der Waals surface area contributed by atoms with Gasteiger partial charge in [-0.1, -0.05) is 179 Å². The second-order valence-corrected chi connectivity index (χ2v) is 15.1. The normalized spacial score (nSPS) is 10.6. The number of hydrogen-bond acceptors (Lipinski definition) is 2. The van der Waals surface area contributed by atoms with E-state index in [4.69, 9.17) is 4.99 Å². The minimum absolute atomic E-state index is 0. The van der Waals surface area contributed by atoms with Crippen LogP contribution in [0.1, 0.15) is 56.2 Å². The van der Waals surface area contributed by atoms with Gasteiger partial charge in [-0.15, -0.1) is 0 Å². The number of nitrogens with zero attached hydrogens (tertiary/aromatic N) is 1. The summed E-state index contributed by atoms with van der Waals surface area (Å²) in [6.07, 6.45) is 1.81. The molecular weight excluding hydrogens is 708 g/mol. The number of aromatic hydroxyl groups is 1. The van der Waals surface area contributed by atoms with Gasteiger partial charge < -0.3 is 5.11 Å². The van der Waals surface area contributed by atoms with Crippen molar-refractivity contribution in [3.63, 3.8) is 0 Å². The van der Waals surface area contributed by atoms with Crippen molar-refractivity contribution in [2.45, 2.75) is 39.5 Å². The number of hydrogen-bond donors (Lipinski definition) is 1. The van der Waals surface area contributed by atoms with E-state index in [2.05, 4.69) is 143 Å². The van der Waals surface area contributed by atoms with E-state index in [1.165, 1.54) is 27.0 Å². The Morgan fingerprint density at radius 3 is 1.32 bits per heavy atom. The molecule has 0 spiro atoms. The van der Waals surface area contributed by atoms with Crippen LogP contribution in [0.5, 0.6) is 5.75 Å². The molecule has 0 bridgehead atoms. The monoisotopic (exact) mass is 754 g/mol. The quantitative estimate of drug-likeness (QED) is 0.0712. The molecule has 0 aliphatic carbocycles. The van der Waals surface area contributed by atoms with Crippen molar-refractivity contribution in [2.24, 2.45) is 4.99 Å². The summed E-state index contributed by atoms with van der Waals surface area (Å²) < 4.78 is 0. The smallest absolute Gasteiger partial charge is 0.124 e. The van der Waals surface area contributed by atoms with Crippen LogP contribution in [0.2, 0.25) is 0 Å². The third-order valence-electron chi connectivity index (χ3n) is 8.48. The van der Waals surface area contributed by atoms with Crippen molar-refractivity contribution in [3.05, 3.63) is 211 Å². The third kappa shape index (κ3) is 11.7. The summed E-state index contributed by atoms with van der Waals surface area (Å²) in [6.45, 7) is 8.75. The first kappa shape index (κ1) is 40.7. The van der Waals surface area contributed by atoms with E-state index in [9.17, 15) is 5.11 Å². The molecule has 0 aromatic heterocycles. The van der Waals surface area contributed by atoms with Crippen LogP contribution in [-0.4, -0.2) is 11.3 Å². The molecule has 0 unspecified atom stereocenters. The molecule has 0 radical (unpaired) electrons. The molecule has 2 nitrogen and oxygen atoms in total. The van der Waals surface area contributed by atoms with E-state index in [1.54, 1.807) is 6.07 Å². The first-order chi connectivity index (χ1) is 25.4. The van der Waals surface area contributed by atoms with Crippen LogP contribution in [0, 0.1) is 6.07 Å². The zero-order chi connectivity index (χ0) is 36.5. The van der Waals surface area contributed by atoms with Gasteiger partial charge in [-0.3, -0.25) is 4.99 Å². The average molecular weight is 756 g/mol. The van der Waals surface area contributed by atoms with Gasteiger partial charge in [0.05, 0.1) is 5.69 Å². The largest absolute Gasteiger partial charge is 0.507 e. The van der Waals surface area contributed by atoms with Crippen LogP contribution in [0.25, 0.3) is 11.1 Å². The van der Waals surface area contributed by atoms with Gasteiger partial charge in [0.1, 0.15) is 5.75 Å². The van der Waals surface area contributed by atoms with Gasteiger partial charge in [0.25, 0.3) is 0 Å². The molecule has 0 aliphatic heterocycles. The van der Waals surface area contributed by atoms with Gasteiger partial charge >= 0.3 is 0 Å². The molecule has 0 heterocycles. The second kappa shape index (κ2) is 21.5. The Hall–Kier alpha value is -5.07. The van der Waals surface area contributed by atoms with Gasteiger partial charge in [0.15, 0.2) is 0 Å². The SMILES string of the molecule is CC(C)c1cccc(C(C)C)c1N=Cc1c(O)cccc1-c1ccccc1.[Ni].[c-]1ccccc1.c1ccc(P(c2ccccc2)c2ccccc2)cc1. The van der Waals surface area contributed by atoms with Crippen LogP contribution < -0.4 is 15.9 Å². The van der Waals surface area contributed by atoms with Crippen molar-refractivity contribution in [1.29, 1.82) is 0 Å². The van der Waals surface area contributed by atoms with Crippen LogP contribution in [0.3, 0.4) is 0 Å².